The summed E-state index contributed by atoms with van der Waals surface area (Å²) in [6, 6.07) is 0. The van der Waals surface area contributed by atoms with Crippen LogP contribution in [0.15, 0.2) is 0 Å². The molecule has 0 heterocycles. The van der Waals surface area contributed by atoms with E-state index in [1.54, 1.807) is 0 Å². The fourth-order valence-corrected chi connectivity index (χ4v) is 5.49. The zero-order valence-electron chi connectivity index (χ0n) is 26.3. The molecule has 0 rings (SSSR count). The quantitative estimate of drug-likeness (QED) is 0.0692. The van der Waals surface area contributed by atoms with Crippen LogP contribution in [0.4, 0.5) is 0 Å². The van der Waals surface area contributed by atoms with Crippen LogP contribution in [0, 0.1) is 11.8 Å². The average molecular weight is 523 g/mol. The molecule has 0 aromatic heterocycles. The lowest BCUT2D eigenvalue weighted by atomic mass is 9.94. The Morgan fingerprint density at radius 1 is 0.459 bits per heavy atom. The Hall–Kier alpha value is -0.530. The molecule has 0 bridgehead atoms. The fourth-order valence-electron chi connectivity index (χ4n) is 5.49. The molecule has 2 heteroatoms. The smallest absolute Gasteiger partial charge is 0.308 e. The van der Waals surface area contributed by atoms with Gasteiger partial charge in [-0.3, -0.25) is 4.79 Å². The summed E-state index contributed by atoms with van der Waals surface area (Å²) in [5.74, 6) is 0.684. The van der Waals surface area contributed by atoms with E-state index in [2.05, 4.69) is 27.7 Å². The zero-order chi connectivity index (χ0) is 27.2. The minimum Gasteiger partial charge on any atom is -0.465 e. The first-order chi connectivity index (χ1) is 18.2. The molecule has 0 aliphatic carbocycles. The molecule has 222 valence electrons. The molecule has 37 heavy (non-hydrogen) atoms. The molecule has 0 aliphatic rings. The van der Waals surface area contributed by atoms with Crippen LogP contribution in [-0.4, -0.2) is 12.6 Å². The first-order valence-electron chi connectivity index (χ1n) is 17.3. The topological polar surface area (TPSA) is 26.3 Å². The van der Waals surface area contributed by atoms with Gasteiger partial charge in [0, 0.05) is 0 Å². The Kier molecular flexibility index (Phi) is 29.6. The van der Waals surface area contributed by atoms with Crippen molar-refractivity contribution < 1.29 is 9.53 Å². The second-order valence-corrected chi connectivity index (χ2v) is 12.2. The van der Waals surface area contributed by atoms with Gasteiger partial charge < -0.3 is 4.74 Å². The summed E-state index contributed by atoms with van der Waals surface area (Å²) in [6.45, 7) is 9.57. The molecule has 0 fully saturated rings. The summed E-state index contributed by atoms with van der Waals surface area (Å²) >= 11 is 0. The van der Waals surface area contributed by atoms with Crippen LogP contribution in [0.25, 0.3) is 0 Å². The van der Waals surface area contributed by atoms with Crippen LogP contribution < -0.4 is 0 Å². The summed E-state index contributed by atoms with van der Waals surface area (Å²) in [6.07, 6.45) is 36.1. The van der Waals surface area contributed by atoms with E-state index in [1.165, 1.54) is 167 Å². The Morgan fingerprint density at radius 2 is 0.757 bits per heavy atom. The van der Waals surface area contributed by atoms with E-state index in [1.807, 2.05) is 0 Å². The van der Waals surface area contributed by atoms with Crippen molar-refractivity contribution in [3.8, 4) is 0 Å². The highest BCUT2D eigenvalue weighted by Gasteiger charge is 2.17. The maximum Gasteiger partial charge on any atom is 0.308 e. The maximum absolute atomic E-state index is 12.6. The van der Waals surface area contributed by atoms with Gasteiger partial charge in [0.1, 0.15) is 0 Å². The van der Waals surface area contributed by atoms with Gasteiger partial charge in [0.25, 0.3) is 0 Å². The number of ether oxygens (including phenoxy) is 1. The molecular formula is C35H70O2. The van der Waals surface area contributed by atoms with E-state index in [9.17, 15) is 4.79 Å². The Bertz CT molecular complexity index is 447. The van der Waals surface area contributed by atoms with Gasteiger partial charge in [-0.1, -0.05) is 182 Å². The lowest BCUT2D eigenvalue weighted by Gasteiger charge is -2.19. The molecular weight excluding hydrogens is 452 g/mol. The van der Waals surface area contributed by atoms with Gasteiger partial charge >= 0.3 is 5.97 Å². The molecule has 0 aliphatic heterocycles. The summed E-state index contributed by atoms with van der Waals surface area (Å²) in [7, 11) is 0. The molecule has 0 radical (unpaired) electrons. The molecule has 0 saturated heterocycles. The van der Waals surface area contributed by atoms with Gasteiger partial charge in [0.2, 0.25) is 0 Å². The van der Waals surface area contributed by atoms with Crippen LogP contribution in [-0.2, 0) is 9.53 Å². The fraction of sp³-hybridized carbons (Fsp3) is 0.971. The second kappa shape index (κ2) is 30.0. The molecule has 0 saturated carbocycles. The van der Waals surface area contributed by atoms with Crippen LogP contribution in [0.2, 0.25) is 0 Å². The van der Waals surface area contributed by atoms with Gasteiger partial charge in [0.15, 0.2) is 0 Å². The number of carbonyl (C=O) groups excluding carboxylic acids is 1. The van der Waals surface area contributed by atoms with Crippen LogP contribution >= 0.6 is 0 Å². The molecule has 0 N–H and O–H groups in total. The van der Waals surface area contributed by atoms with Gasteiger partial charge in [-0.25, -0.2) is 0 Å². The summed E-state index contributed by atoms with van der Waals surface area (Å²) in [4.78, 5) is 12.6. The number of carbonyl (C=O) groups is 1. The Balaban J connectivity index is 4.15. The lowest BCUT2D eigenvalue weighted by Crippen LogP contribution is -2.20. The van der Waals surface area contributed by atoms with Gasteiger partial charge in [-0.2, -0.15) is 0 Å². The monoisotopic (exact) mass is 523 g/mol. The van der Waals surface area contributed by atoms with E-state index >= 15 is 0 Å². The third kappa shape index (κ3) is 26.8. The number of hydrogen-bond acceptors (Lipinski definition) is 2. The molecule has 2 atom stereocenters. The molecule has 0 amide bonds. The Morgan fingerprint density at radius 3 is 1.11 bits per heavy atom. The van der Waals surface area contributed by atoms with Crippen LogP contribution in [0.1, 0.15) is 201 Å². The molecule has 0 spiro atoms. The summed E-state index contributed by atoms with van der Waals surface area (Å²) < 4.78 is 5.89. The molecule has 2 nitrogen and oxygen atoms in total. The summed E-state index contributed by atoms with van der Waals surface area (Å²) in [5.41, 5.74) is 0. The van der Waals surface area contributed by atoms with Crippen molar-refractivity contribution in [2.45, 2.75) is 201 Å². The van der Waals surface area contributed by atoms with Crippen molar-refractivity contribution in [2.24, 2.45) is 11.8 Å². The SMILES string of the molecule is CCCCCCCCCCCCC(CCCCCCCCCC)COC(=O)C(C)CCCCCCCC. The van der Waals surface area contributed by atoms with E-state index in [0.717, 1.165) is 6.42 Å². The normalized spacial score (nSPS) is 13.1. The van der Waals surface area contributed by atoms with Crippen molar-refractivity contribution >= 4 is 5.97 Å². The van der Waals surface area contributed by atoms with Gasteiger partial charge in [-0.05, 0) is 25.2 Å². The van der Waals surface area contributed by atoms with Crippen LogP contribution in [0.3, 0.4) is 0 Å². The van der Waals surface area contributed by atoms with Crippen molar-refractivity contribution in [3.05, 3.63) is 0 Å². The minimum absolute atomic E-state index is 0.0533. The highest BCUT2D eigenvalue weighted by molar-refractivity contribution is 5.71. The largest absolute Gasteiger partial charge is 0.465 e. The van der Waals surface area contributed by atoms with Gasteiger partial charge in [0.05, 0.1) is 12.5 Å². The number of esters is 1. The first kappa shape index (κ1) is 36.5. The number of rotatable bonds is 30. The third-order valence-corrected chi connectivity index (χ3v) is 8.29. The predicted octanol–water partition coefficient (Wildman–Crippen LogP) is 12.4. The standard InChI is InChI=1S/C35H70O2/c1-5-8-11-14-17-19-20-22-25-28-31-34(30-27-24-21-18-15-12-9-6-2)32-37-35(36)33(4)29-26-23-16-13-10-7-3/h33-34H,5-32H2,1-4H3. The highest BCUT2D eigenvalue weighted by atomic mass is 16.5. The first-order valence-corrected chi connectivity index (χ1v) is 17.3. The number of hydrogen-bond donors (Lipinski definition) is 0. The minimum atomic E-state index is 0.0533. The molecule has 0 aromatic rings. The van der Waals surface area contributed by atoms with Crippen LogP contribution in [0.5, 0.6) is 0 Å². The third-order valence-electron chi connectivity index (χ3n) is 8.29. The number of unbranched alkanes of at least 4 members (excludes halogenated alkanes) is 21. The summed E-state index contributed by atoms with van der Waals surface area (Å²) in [5, 5.41) is 0. The van der Waals surface area contributed by atoms with Crippen molar-refractivity contribution in [2.75, 3.05) is 6.61 Å². The van der Waals surface area contributed by atoms with Gasteiger partial charge in [-0.15, -0.1) is 0 Å². The average Bonchev–Trinajstić information content (AvgIpc) is 2.90. The van der Waals surface area contributed by atoms with E-state index in [4.69, 9.17) is 4.74 Å². The predicted molar refractivity (Wildman–Crippen MR) is 165 cm³/mol. The van der Waals surface area contributed by atoms with E-state index in [-0.39, 0.29) is 11.9 Å². The zero-order valence-corrected chi connectivity index (χ0v) is 26.3. The van der Waals surface area contributed by atoms with E-state index < -0.39 is 0 Å². The molecule has 2 unspecified atom stereocenters. The highest BCUT2D eigenvalue weighted by Crippen LogP contribution is 2.21. The van der Waals surface area contributed by atoms with Crippen molar-refractivity contribution in [1.29, 1.82) is 0 Å². The molecule has 0 aromatic carbocycles. The van der Waals surface area contributed by atoms with E-state index in [0.29, 0.717) is 12.5 Å². The Labute approximate surface area is 234 Å². The lowest BCUT2D eigenvalue weighted by molar-refractivity contribution is -0.149. The second-order valence-electron chi connectivity index (χ2n) is 12.2. The van der Waals surface area contributed by atoms with Crippen molar-refractivity contribution in [1.82, 2.24) is 0 Å². The van der Waals surface area contributed by atoms with Crippen molar-refractivity contribution in [3.63, 3.8) is 0 Å². The maximum atomic E-state index is 12.6.